The minimum Gasteiger partial charge on any atom is -0.198 e. The molecule has 2 saturated carbocycles. The number of hydrogen-bond acceptors (Lipinski definition) is 1. The molecule has 0 radical (unpaired) electrons. The van der Waals surface area contributed by atoms with Crippen molar-refractivity contribution >= 4 is 0 Å². The topological polar surface area (TPSA) is 23.8 Å². The predicted octanol–water partition coefficient (Wildman–Crippen LogP) is 9.15. The average Bonchev–Trinajstić information content (AvgIpc) is 2.87. The zero-order valence-corrected chi connectivity index (χ0v) is 20.0. The molecule has 2 aromatic carbocycles. The summed E-state index contributed by atoms with van der Waals surface area (Å²) in [5, 5.41) is 9.92. The van der Waals surface area contributed by atoms with Gasteiger partial charge in [-0.1, -0.05) is 93.6 Å². The first kappa shape index (κ1) is 23.1. The van der Waals surface area contributed by atoms with E-state index in [1.165, 1.54) is 87.3 Å². The van der Waals surface area contributed by atoms with E-state index in [0.29, 0.717) is 17.8 Å². The van der Waals surface area contributed by atoms with Gasteiger partial charge in [0.15, 0.2) is 0 Å². The monoisotopic (exact) mass is 427 g/mol. The number of benzene rings is 2. The van der Waals surface area contributed by atoms with Gasteiger partial charge in [-0.25, -0.2) is 0 Å². The molecule has 4 rings (SSSR count). The highest BCUT2D eigenvalue weighted by molar-refractivity contribution is 5.63. The fourth-order valence-corrected chi connectivity index (χ4v) is 6.39. The standard InChI is InChI=1S/C31H41N/c1-2-3-7-24-10-14-30(15-11-24)31(23-32)22-25-12-16-27(17-13-25)29-20-18-28(19-21-29)26-8-5-4-6-9-26/h4-6,8-9,18-21,24-25,27,30-31H,2-3,7,10-17,22H2,1H3. The van der Waals surface area contributed by atoms with Crippen molar-refractivity contribution in [3.63, 3.8) is 0 Å². The lowest BCUT2D eigenvalue weighted by molar-refractivity contribution is 0.188. The number of hydrogen-bond donors (Lipinski definition) is 0. The molecule has 0 aliphatic heterocycles. The van der Waals surface area contributed by atoms with E-state index in [1.54, 1.807) is 0 Å². The molecule has 0 amide bonds. The molecule has 1 nitrogen and oxygen atoms in total. The van der Waals surface area contributed by atoms with Crippen molar-refractivity contribution in [3.8, 4) is 17.2 Å². The molecule has 2 aliphatic carbocycles. The van der Waals surface area contributed by atoms with Crippen LogP contribution in [0.3, 0.4) is 0 Å². The van der Waals surface area contributed by atoms with Gasteiger partial charge in [0, 0.05) is 5.92 Å². The van der Waals surface area contributed by atoms with Crippen molar-refractivity contribution in [2.75, 3.05) is 0 Å². The van der Waals surface area contributed by atoms with Crippen LogP contribution in [0.1, 0.15) is 95.5 Å². The molecule has 32 heavy (non-hydrogen) atoms. The number of nitrogens with zero attached hydrogens (tertiary/aromatic N) is 1. The Kier molecular flexibility index (Phi) is 8.44. The quantitative estimate of drug-likeness (QED) is 0.412. The maximum atomic E-state index is 9.92. The lowest BCUT2D eigenvalue weighted by atomic mass is 9.70. The summed E-state index contributed by atoms with van der Waals surface area (Å²) in [5.74, 6) is 3.37. The molecule has 1 unspecified atom stereocenters. The maximum Gasteiger partial charge on any atom is 0.0658 e. The zero-order valence-electron chi connectivity index (χ0n) is 20.0. The van der Waals surface area contributed by atoms with Gasteiger partial charge in [0.2, 0.25) is 0 Å². The van der Waals surface area contributed by atoms with Gasteiger partial charge >= 0.3 is 0 Å². The van der Waals surface area contributed by atoms with E-state index in [2.05, 4.69) is 67.6 Å². The minimum absolute atomic E-state index is 0.300. The van der Waals surface area contributed by atoms with Crippen molar-refractivity contribution in [2.45, 2.75) is 89.9 Å². The normalized spacial score (nSPS) is 26.9. The molecular weight excluding hydrogens is 386 g/mol. The van der Waals surface area contributed by atoms with Gasteiger partial charge in [-0.3, -0.25) is 0 Å². The van der Waals surface area contributed by atoms with Crippen LogP contribution in [0.5, 0.6) is 0 Å². The molecule has 2 aliphatic rings. The van der Waals surface area contributed by atoms with E-state index >= 15 is 0 Å². The summed E-state index contributed by atoms with van der Waals surface area (Å²) in [6.45, 7) is 2.30. The SMILES string of the molecule is CCCCC1CCC(C(C#N)CC2CCC(c3ccc(-c4ccccc4)cc3)CC2)CC1. The Balaban J connectivity index is 1.24. The molecule has 0 spiro atoms. The van der Waals surface area contributed by atoms with Crippen LogP contribution in [0.4, 0.5) is 0 Å². The Labute approximate surface area is 196 Å². The minimum atomic E-state index is 0.300. The lowest BCUT2D eigenvalue weighted by Crippen LogP contribution is -2.24. The molecule has 0 aromatic heterocycles. The van der Waals surface area contributed by atoms with Crippen LogP contribution in [0.15, 0.2) is 54.6 Å². The van der Waals surface area contributed by atoms with Crippen LogP contribution in [-0.2, 0) is 0 Å². The second-order valence-electron chi connectivity index (χ2n) is 10.6. The van der Waals surface area contributed by atoms with Gasteiger partial charge in [0.1, 0.15) is 0 Å². The molecule has 2 aromatic rings. The van der Waals surface area contributed by atoms with E-state index in [4.69, 9.17) is 0 Å². The number of unbranched alkanes of at least 4 members (excludes halogenated alkanes) is 1. The van der Waals surface area contributed by atoms with Crippen LogP contribution >= 0.6 is 0 Å². The van der Waals surface area contributed by atoms with Crippen molar-refractivity contribution in [1.29, 1.82) is 5.26 Å². The first-order valence-corrected chi connectivity index (χ1v) is 13.3. The van der Waals surface area contributed by atoms with Crippen LogP contribution in [0.2, 0.25) is 0 Å². The number of nitriles is 1. The lowest BCUT2D eigenvalue weighted by Gasteiger charge is -2.34. The molecular formula is C31H41N. The van der Waals surface area contributed by atoms with Gasteiger partial charge in [0.25, 0.3) is 0 Å². The highest BCUT2D eigenvalue weighted by atomic mass is 14.4. The predicted molar refractivity (Wildman–Crippen MR) is 135 cm³/mol. The molecule has 170 valence electrons. The summed E-state index contributed by atoms with van der Waals surface area (Å²) < 4.78 is 0. The largest absolute Gasteiger partial charge is 0.198 e. The summed E-state index contributed by atoms with van der Waals surface area (Å²) in [7, 11) is 0. The van der Waals surface area contributed by atoms with Crippen molar-refractivity contribution < 1.29 is 0 Å². The summed E-state index contributed by atoms with van der Waals surface area (Å²) in [6.07, 6.45) is 15.8. The smallest absolute Gasteiger partial charge is 0.0658 e. The van der Waals surface area contributed by atoms with E-state index in [9.17, 15) is 5.26 Å². The Morgan fingerprint density at radius 3 is 2.03 bits per heavy atom. The third-order valence-electron chi connectivity index (χ3n) is 8.52. The third kappa shape index (κ3) is 6.04. The molecule has 0 saturated heterocycles. The van der Waals surface area contributed by atoms with Crippen molar-refractivity contribution in [1.82, 2.24) is 0 Å². The Hall–Kier alpha value is -2.07. The molecule has 1 atom stereocenters. The second-order valence-corrected chi connectivity index (χ2v) is 10.6. The molecule has 0 heterocycles. The van der Waals surface area contributed by atoms with Crippen LogP contribution in [-0.4, -0.2) is 0 Å². The Morgan fingerprint density at radius 2 is 1.41 bits per heavy atom. The van der Waals surface area contributed by atoms with Gasteiger partial charge < -0.3 is 0 Å². The average molecular weight is 428 g/mol. The van der Waals surface area contributed by atoms with E-state index in [1.807, 2.05) is 0 Å². The molecule has 1 heteroatoms. The molecule has 0 bridgehead atoms. The van der Waals surface area contributed by atoms with Crippen molar-refractivity contribution in [2.24, 2.45) is 23.7 Å². The highest BCUT2D eigenvalue weighted by Crippen LogP contribution is 2.42. The summed E-state index contributed by atoms with van der Waals surface area (Å²) in [5.41, 5.74) is 4.11. The van der Waals surface area contributed by atoms with Crippen molar-refractivity contribution in [3.05, 3.63) is 60.2 Å². The second kappa shape index (κ2) is 11.7. The van der Waals surface area contributed by atoms with Gasteiger partial charge in [0.05, 0.1) is 6.07 Å². The summed E-state index contributed by atoms with van der Waals surface area (Å²) in [4.78, 5) is 0. The first-order valence-electron chi connectivity index (χ1n) is 13.3. The fraction of sp³-hybridized carbons (Fsp3) is 0.581. The van der Waals surface area contributed by atoms with Crippen LogP contribution in [0, 0.1) is 35.0 Å². The fourth-order valence-electron chi connectivity index (χ4n) is 6.39. The van der Waals surface area contributed by atoms with Crippen LogP contribution < -0.4 is 0 Å². The number of rotatable bonds is 8. The maximum absolute atomic E-state index is 9.92. The van der Waals surface area contributed by atoms with E-state index in [0.717, 1.165) is 18.3 Å². The summed E-state index contributed by atoms with van der Waals surface area (Å²) in [6, 6.07) is 22.7. The zero-order chi connectivity index (χ0) is 22.2. The molecule has 2 fully saturated rings. The van der Waals surface area contributed by atoms with Crippen LogP contribution in [0.25, 0.3) is 11.1 Å². The highest BCUT2D eigenvalue weighted by Gasteiger charge is 2.31. The molecule has 0 N–H and O–H groups in total. The van der Waals surface area contributed by atoms with Gasteiger partial charge in [-0.2, -0.15) is 5.26 Å². The summed E-state index contributed by atoms with van der Waals surface area (Å²) >= 11 is 0. The van der Waals surface area contributed by atoms with E-state index < -0.39 is 0 Å². The first-order chi connectivity index (χ1) is 15.8. The van der Waals surface area contributed by atoms with E-state index in [-0.39, 0.29) is 0 Å². The third-order valence-corrected chi connectivity index (χ3v) is 8.52. The van der Waals surface area contributed by atoms with Gasteiger partial charge in [-0.05, 0) is 85.3 Å². The Bertz CT molecular complexity index is 830. The van der Waals surface area contributed by atoms with Gasteiger partial charge in [-0.15, -0.1) is 0 Å². The Morgan fingerprint density at radius 1 is 0.781 bits per heavy atom.